The van der Waals surface area contributed by atoms with Gasteiger partial charge >= 0.3 is 0 Å². The van der Waals surface area contributed by atoms with E-state index in [2.05, 4.69) is 0 Å². The van der Waals surface area contributed by atoms with Crippen molar-refractivity contribution in [3.63, 3.8) is 0 Å². The number of benzene rings is 1. The molecule has 92 valence electrons. The summed E-state index contributed by atoms with van der Waals surface area (Å²) in [6, 6.07) is 7.53. The summed E-state index contributed by atoms with van der Waals surface area (Å²) in [5.74, 6) is 1.07. The zero-order chi connectivity index (χ0) is 12.5. The number of rotatable bonds is 7. The second kappa shape index (κ2) is 7.63. The molecule has 0 saturated carbocycles. The van der Waals surface area contributed by atoms with Gasteiger partial charge in [-0.2, -0.15) is 0 Å². The number of allylic oxidation sites excluding steroid dienone is 1. The van der Waals surface area contributed by atoms with Crippen LogP contribution in [-0.2, 0) is 4.79 Å². The molecule has 0 unspecified atom stereocenters. The first-order valence-corrected chi connectivity index (χ1v) is 5.72. The van der Waals surface area contributed by atoms with E-state index in [4.69, 9.17) is 9.84 Å². The lowest BCUT2D eigenvalue weighted by molar-refractivity contribution is -0.104. The Morgan fingerprint density at radius 1 is 1.35 bits per heavy atom. The molecule has 0 amide bonds. The Balaban J connectivity index is 2.40. The van der Waals surface area contributed by atoms with Crippen LogP contribution in [0.15, 0.2) is 30.3 Å². The van der Waals surface area contributed by atoms with Crippen molar-refractivity contribution in [2.45, 2.75) is 13.3 Å². The lowest BCUT2D eigenvalue weighted by Crippen LogP contribution is -2.07. The minimum Gasteiger partial charge on any atom is -0.494 e. The number of aldehydes is 1. The fourth-order valence-electron chi connectivity index (χ4n) is 1.29. The zero-order valence-corrected chi connectivity index (χ0v) is 10.0. The fourth-order valence-corrected chi connectivity index (χ4v) is 1.29. The second-order valence-corrected chi connectivity index (χ2v) is 3.99. The highest BCUT2D eigenvalue weighted by Gasteiger charge is 2.00. The maximum Gasteiger partial charge on any atom is 0.142 e. The normalized spacial score (nSPS) is 12.6. The molecule has 0 spiro atoms. The Kier molecular flexibility index (Phi) is 6.04. The first-order valence-electron chi connectivity index (χ1n) is 5.72. The minimum absolute atomic E-state index is 0.193. The third kappa shape index (κ3) is 5.31. The van der Waals surface area contributed by atoms with Crippen molar-refractivity contribution >= 4 is 12.4 Å². The van der Waals surface area contributed by atoms with Crippen LogP contribution in [0.5, 0.6) is 5.75 Å². The monoisotopic (exact) mass is 234 g/mol. The summed E-state index contributed by atoms with van der Waals surface area (Å²) >= 11 is 0. The average molecular weight is 234 g/mol. The van der Waals surface area contributed by atoms with Gasteiger partial charge in [0.15, 0.2) is 0 Å². The van der Waals surface area contributed by atoms with Crippen LogP contribution < -0.4 is 4.74 Å². The van der Waals surface area contributed by atoms with Gasteiger partial charge < -0.3 is 9.84 Å². The van der Waals surface area contributed by atoms with Crippen LogP contribution >= 0.6 is 0 Å². The van der Waals surface area contributed by atoms with Crippen molar-refractivity contribution < 1.29 is 14.6 Å². The van der Waals surface area contributed by atoms with Crippen LogP contribution in [0.2, 0.25) is 0 Å². The molecule has 1 aromatic carbocycles. The van der Waals surface area contributed by atoms with Gasteiger partial charge in [0.2, 0.25) is 0 Å². The minimum atomic E-state index is 0.193. The summed E-state index contributed by atoms with van der Waals surface area (Å²) < 4.78 is 5.53. The topological polar surface area (TPSA) is 46.5 Å². The van der Waals surface area contributed by atoms with Crippen LogP contribution in [0.1, 0.15) is 18.9 Å². The molecule has 0 fully saturated rings. The fraction of sp³-hybridized carbons (Fsp3) is 0.357. The Labute approximate surface area is 102 Å². The van der Waals surface area contributed by atoms with Gasteiger partial charge in [-0.15, -0.1) is 0 Å². The standard InChI is InChI=1S/C14H18O3/c1-12(11-16)8-10-17-14-6-4-13(5-7-14)3-2-9-15/h2-7,9,12,16H,8,10-11H2,1H3/b3-2+/t12-/m0/s1. The van der Waals surface area contributed by atoms with Gasteiger partial charge in [0.1, 0.15) is 12.0 Å². The molecular weight excluding hydrogens is 216 g/mol. The maximum absolute atomic E-state index is 10.1. The molecule has 0 saturated heterocycles. The van der Waals surface area contributed by atoms with Crippen LogP contribution in [0, 0.1) is 5.92 Å². The molecule has 1 N–H and O–H groups in total. The van der Waals surface area contributed by atoms with Crippen molar-refractivity contribution in [2.75, 3.05) is 13.2 Å². The first kappa shape index (κ1) is 13.5. The number of hydrogen-bond acceptors (Lipinski definition) is 3. The number of carbonyl (C=O) groups is 1. The molecule has 0 aliphatic rings. The second-order valence-electron chi connectivity index (χ2n) is 3.99. The maximum atomic E-state index is 10.1. The lowest BCUT2D eigenvalue weighted by Gasteiger charge is -2.09. The van der Waals surface area contributed by atoms with E-state index >= 15 is 0 Å². The molecule has 0 aromatic heterocycles. The highest BCUT2D eigenvalue weighted by molar-refractivity contribution is 5.73. The zero-order valence-electron chi connectivity index (χ0n) is 10.0. The Bertz CT molecular complexity index is 354. The third-order valence-corrected chi connectivity index (χ3v) is 2.44. The molecule has 0 radical (unpaired) electrons. The Hall–Kier alpha value is -1.61. The van der Waals surface area contributed by atoms with Gasteiger partial charge in [0.25, 0.3) is 0 Å². The number of aliphatic hydroxyl groups excluding tert-OH is 1. The smallest absolute Gasteiger partial charge is 0.142 e. The molecule has 0 aliphatic carbocycles. The van der Waals surface area contributed by atoms with Gasteiger partial charge in [-0.3, -0.25) is 4.79 Å². The van der Waals surface area contributed by atoms with E-state index in [1.54, 1.807) is 6.08 Å². The van der Waals surface area contributed by atoms with Gasteiger partial charge in [0, 0.05) is 6.61 Å². The van der Waals surface area contributed by atoms with E-state index in [0.29, 0.717) is 6.61 Å². The molecule has 17 heavy (non-hydrogen) atoms. The molecule has 3 nitrogen and oxygen atoms in total. The summed E-state index contributed by atoms with van der Waals surface area (Å²) in [7, 11) is 0. The number of carbonyl (C=O) groups excluding carboxylic acids is 1. The quantitative estimate of drug-likeness (QED) is 0.581. The molecule has 3 heteroatoms. The van der Waals surface area contributed by atoms with Crippen molar-refractivity contribution in [2.24, 2.45) is 5.92 Å². The summed E-state index contributed by atoms with van der Waals surface area (Å²) in [5.41, 5.74) is 0.966. The Morgan fingerprint density at radius 3 is 2.65 bits per heavy atom. The summed E-state index contributed by atoms with van der Waals surface area (Å²) in [6.45, 7) is 2.78. The molecule has 0 bridgehead atoms. The Morgan fingerprint density at radius 2 is 2.06 bits per heavy atom. The van der Waals surface area contributed by atoms with Gasteiger partial charge in [-0.05, 0) is 36.1 Å². The molecule has 1 rings (SSSR count). The lowest BCUT2D eigenvalue weighted by atomic mass is 10.1. The number of ether oxygens (including phenoxy) is 1. The van der Waals surface area contributed by atoms with Gasteiger partial charge in [0.05, 0.1) is 6.61 Å². The van der Waals surface area contributed by atoms with Gasteiger partial charge in [-0.1, -0.05) is 25.1 Å². The van der Waals surface area contributed by atoms with Gasteiger partial charge in [-0.25, -0.2) is 0 Å². The molecule has 0 heterocycles. The van der Waals surface area contributed by atoms with E-state index < -0.39 is 0 Å². The van der Waals surface area contributed by atoms with Crippen molar-refractivity contribution in [1.82, 2.24) is 0 Å². The predicted octanol–water partition coefficient (Wildman–Crippen LogP) is 2.30. The number of hydrogen-bond donors (Lipinski definition) is 1. The van der Waals surface area contributed by atoms with E-state index in [1.807, 2.05) is 31.2 Å². The predicted molar refractivity (Wildman–Crippen MR) is 67.9 cm³/mol. The summed E-state index contributed by atoms with van der Waals surface area (Å²) in [5, 5.41) is 8.86. The van der Waals surface area contributed by atoms with E-state index in [1.165, 1.54) is 6.08 Å². The van der Waals surface area contributed by atoms with Crippen LogP contribution in [0.4, 0.5) is 0 Å². The van der Waals surface area contributed by atoms with E-state index in [9.17, 15) is 4.79 Å². The summed E-state index contributed by atoms with van der Waals surface area (Å²) in [6.07, 6.45) is 4.79. The van der Waals surface area contributed by atoms with E-state index in [0.717, 1.165) is 24.0 Å². The first-order chi connectivity index (χ1) is 8.26. The third-order valence-electron chi connectivity index (χ3n) is 2.44. The largest absolute Gasteiger partial charge is 0.494 e. The van der Waals surface area contributed by atoms with Crippen LogP contribution in [0.3, 0.4) is 0 Å². The highest BCUT2D eigenvalue weighted by Crippen LogP contribution is 2.14. The van der Waals surface area contributed by atoms with E-state index in [-0.39, 0.29) is 12.5 Å². The molecular formula is C14H18O3. The van der Waals surface area contributed by atoms with Crippen LogP contribution in [0.25, 0.3) is 6.08 Å². The van der Waals surface area contributed by atoms with Crippen molar-refractivity contribution in [1.29, 1.82) is 0 Å². The van der Waals surface area contributed by atoms with Crippen LogP contribution in [-0.4, -0.2) is 24.6 Å². The SMILES string of the molecule is C[C@H](CO)CCOc1ccc(/C=C/C=O)cc1. The van der Waals surface area contributed by atoms with Crippen molar-refractivity contribution in [3.05, 3.63) is 35.9 Å². The molecule has 0 aliphatic heterocycles. The highest BCUT2D eigenvalue weighted by atomic mass is 16.5. The average Bonchev–Trinajstić information content (AvgIpc) is 2.37. The summed E-state index contributed by atoms with van der Waals surface area (Å²) in [4.78, 5) is 10.1. The molecule has 1 atom stereocenters. The number of aliphatic hydroxyl groups is 1. The van der Waals surface area contributed by atoms with Crippen molar-refractivity contribution in [3.8, 4) is 5.75 Å². The molecule has 1 aromatic rings.